The van der Waals surface area contributed by atoms with E-state index in [0.29, 0.717) is 0 Å². The lowest BCUT2D eigenvalue weighted by molar-refractivity contribution is -0.272. The van der Waals surface area contributed by atoms with Crippen LogP contribution in [0.1, 0.15) is 66.7 Å². The van der Waals surface area contributed by atoms with Gasteiger partial charge in [-0.2, -0.15) is 0 Å². The van der Waals surface area contributed by atoms with Crippen LogP contribution in [0.5, 0.6) is 0 Å². The van der Waals surface area contributed by atoms with Gasteiger partial charge >= 0.3 is 23.9 Å². The van der Waals surface area contributed by atoms with Gasteiger partial charge in [0, 0.05) is 32.1 Å². The van der Waals surface area contributed by atoms with E-state index in [1.165, 1.54) is 0 Å². The van der Waals surface area contributed by atoms with Gasteiger partial charge < -0.3 is 29.0 Å². The van der Waals surface area contributed by atoms with E-state index in [1.54, 1.807) is 34.6 Å². The molecule has 0 spiro atoms. The Labute approximate surface area is 187 Å². The van der Waals surface area contributed by atoms with Crippen molar-refractivity contribution in [1.29, 1.82) is 0 Å². The van der Waals surface area contributed by atoms with Crippen molar-refractivity contribution in [3.8, 4) is 0 Å². The Morgan fingerprint density at radius 2 is 1.19 bits per heavy atom. The molecule has 182 valence electrons. The summed E-state index contributed by atoms with van der Waals surface area (Å²) in [6.45, 7) is 7.60. The van der Waals surface area contributed by atoms with Crippen molar-refractivity contribution in [2.75, 3.05) is 6.61 Å². The minimum atomic E-state index is -1.37. The van der Waals surface area contributed by atoms with Crippen molar-refractivity contribution in [2.45, 2.75) is 97.4 Å². The number of hydrogen-bond donors (Lipinski definition) is 1. The van der Waals surface area contributed by atoms with E-state index in [2.05, 4.69) is 5.32 Å². The average molecular weight is 459 g/mol. The lowest BCUT2D eigenvalue weighted by Crippen LogP contribution is -2.67. The first kappa shape index (κ1) is 27.3. The summed E-state index contributed by atoms with van der Waals surface area (Å²) in [6.07, 6.45) is -4.70. The van der Waals surface area contributed by atoms with E-state index in [-0.39, 0.29) is 38.7 Å². The zero-order valence-electron chi connectivity index (χ0n) is 19.2. The summed E-state index contributed by atoms with van der Waals surface area (Å²) in [5, 5.41) is 2.63. The third kappa shape index (κ3) is 8.10. The molecule has 0 bridgehead atoms. The van der Waals surface area contributed by atoms with Crippen molar-refractivity contribution in [3.05, 3.63) is 0 Å². The number of esters is 4. The van der Waals surface area contributed by atoms with E-state index in [9.17, 15) is 24.0 Å². The second-order valence-corrected chi connectivity index (χ2v) is 6.99. The fourth-order valence-electron chi connectivity index (χ4n) is 2.82. The summed E-state index contributed by atoms with van der Waals surface area (Å²) >= 11 is 0. The quantitative estimate of drug-likeness (QED) is 0.353. The SMILES string of the molecule is CCC(=O)N[C@H]1C(OC(=O)CC)O[C@H](COC(=O)CC)[C@H](OC(=O)CC)[C@@H]1OC(=O)CC. The largest absolute Gasteiger partial charge is 0.463 e. The van der Waals surface area contributed by atoms with Crippen LogP contribution in [-0.4, -0.2) is 67.0 Å². The molecule has 1 aliphatic rings. The van der Waals surface area contributed by atoms with Gasteiger partial charge in [0.1, 0.15) is 18.8 Å². The smallest absolute Gasteiger partial charge is 0.307 e. The second kappa shape index (κ2) is 13.7. The summed E-state index contributed by atoms with van der Waals surface area (Å²) in [6, 6.07) is -1.15. The van der Waals surface area contributed by atoms with Crippen LogP contribution in [0.15, 0.2) is 0 Å². The standard InChI is InChI=1S/C21H33NO10/c1-6-13(23)22-18-20(31-16(26)9-4)19(30-15(25)8-3)12(11-28-14(24)7-2)29-21(18)32-17(27)10-5/h12,18-21H,6-11H2,1-5H3,(H,22,23)/t12-,18-,19+,20-,21?/m1/s1. The van der Waals surface area contributed by atoms with Crippen LogP contribution in [0.3, 0.4) is 0 Å². The summed E-state index contributed by atoms with van der Waals surface area (Å²) < 4.78 is 27.3. The molecule has 1 amide bonds. The number of carbonyl (C=O) groups excluding carboxylic acids is 5. The molecule has 0 radical (unpaired) electrons. The minimum absolute atomic E-state index is 0.00907. The first-order chi connectivity index (χ1) is 15.2. The molecule has 0 aromatic carbocycles. The highest BCUT2D eigenvalue weighted by molar-refractivity contribution is 5.76. The van der Waals surface area contributed by atoms with Crippen molar-refractivity contribution in [2.24, 2.45) is 0 Å². The zero-order valence-corrected chi connectivity index (χ0v) is 19.2. The first-order valence-electron chi connectivity index (χ1n) is 10.9. The predicted octanol–water partition coefficient (Wildman–Crippen LogP) is 1.16. The number of ether oxygens (including phenoxy) is 5. The van der Waals surface area contributed by atoms with Gasteiger partial charge in [-0.25, -0.2) is 0 Å². The van der Waals surface area contributed by atoms with Crippen LogP contribution in [-0.2, 0) is 47.7 Å². The maximum absolute atomic E-state index is 12.2. The summed E-state index contributed by atoms with van der Waals surface area (Å²) in [5.41, 5.74) is 0. The van der Waals surface area contributed by atoms with Crippen LogP contribution < -0.4 is 5.32 Å². The van der Waals surface area contributed by atoms with Crippen LogP contribution in [0.25, 0.3) is 0 Å². The highest BCUT2D eigenvalue weighted by Crippen LogP contribution is 2.28. The van der Waals surface area contributed by atoms with Gasteiger partial charge in [0.15, 0.2) is 12.2 Å². The lowest BCUT2D eigenvalue weighted by Gasteiger charge is -2.44. The van der Waals surface area contributed by atoms with E-state index in [4.69, 9.17) is 23.7 Å². The average Bonchev–Trinajstić information content (AvgIpc) is 2.80. The molecule has 1 heterocycles. The van der Waals surface area contributed by atoms with E-state index >= 15 is 0 Å². The lowest BCUT2D eigenvalue weighted by atomic mass is 9.95. The van der Waals surface area contributed by atoms with Gasteiger partial charge in [0.2, 0.25) is 12.2 Å². The molecule has 1 N–H and O–H groups in total. The highest BCUT2D eigenvalue weighted by atomic mass is 16.7. The Kier molecular flexibility index (Phi) is 11.7. The Balaban J connectivity index is 3.40. The molecule has 11 nitrogen and oxygen atoms in total. The molecule has 32 heavy (non-hydrogen) atoms. The van der Waals surface area contributed by atoms with E-state index in [0.717, 1.165) is 0 Å². The Bertz CT molecular complexity index is 679. The molecular weight excluding hydrogens is 426 g/mol. The van der Waals surface area contributed by atoms with Crippen LogP contribution in [0.4, 0.5) is 0 Å². The fraction of sp³-hybridized carbons (Fsp3) is 0.762. The summed E-state index contributed by atoms with van der Waals surface area (Å²) in [7, 11) is 0. The van der Waals surface area contributed by atoms with Gasteiger partial charge in [0.05, 0.1) is 0 Å². The van der Waals surface area contributed by atoms with Crippen molar-refractivity contribution in [1.82, 2.24) is 5.32 Å². The first-order valence-corrected chi connectivity index (χ1v) is 10.9. The van der Waals surface area contributed by atoms with Crippen LogP contribution in [0, 0.1) is 0 Å². The summed E-state index contributed by atoms with van der Waals surface area (Å²) in [5.74, 6) is -2.83. The molecule has 0 saturated carbocycles. The second-order valence-electron chi connectivity index (χ2n) is 6.99. The van der Waals surface area contributed by atoms with E-state index < -0.39 is 60.4 Å². The molecule has 0 aromatic rings. The van der Waals surface area contributed by atoms with Crippen LogP contribution in [0.2, 0.25) is 0 Å². The number of nitrogens with one attached hydrogen (secondary N) is 1. The molecule has 1 unspecified atom stereocenters. The molecular formula is C21H33NO10. The third-order valence-corrected chi connectivity index (χ3v) is 4.64. The van der Waals surface area contributed by atoms with Crippen molar-refractivity contribution >= 4 is 29.8 Å². The van der Waals surface area contributed by atoms with Crippen LogP contribution >= 0.6 is 0 Å². The molecule has 1 rings (SSSR count). The maximum Gasteiger partial charge on any atom is 0.307 e. The normalized spacial score (nSPS) is 24.7. The topological polar surface area (TPSA) is 144 Å². The van der Waals surface area contributed by atoms with Gasteiger partial charge in [-0.1, -0.05) is 34.6 Å². The fourth-order valence-corrected chi connectivity index (χ4v) is 2.82. The number of carbonyl (C=O) groups is 5. The number of hydrogen-bond acceptors (Lipinski definition) is 10. The summed E-state index contributed by atoms with van der Waals surface area (Å²) in [4.78, 5) is 60.2. The third-order valence-electron chi connectivity index (χ3n) is 4.64. The van der Waals surface area contributed by atoms with Gasteiger partial charge in [0.25, 0.3) is 0 Å². The molecule has 1 aliphatic heterocycles. The Morgan fingerprint density at radius 3 is 1.69 bits per heavy atom. The Morgan fingerprint density at radius 1 is 0.688 bits per heavy atom. The molecule has 1 fully saturated rings. The van der Waals surface area contributed by atoms with Crippen molar-refractivity contribution < 1.29 is 47.7 Å². The van der Waals surface area contributed by atoms with Gasteiger partial charge in [-0.3, -0.25) is 24.0 Å². The van der Waals surface area contributed by atoms with Gasteiger partial charge in [-0.05, 0) is 0 Å². The van der Waals surface area contributed by atoms with E-state index in [1.807, 2.05) is 0 Å². The molecule has 0 aliphatic carbocycles. The monoisotopic (exact) mass is 459 g/mol. The predicted molar refractivity (Wildman–Crippen MR) is 109 cm³/mol. The molecule has 0 aromatic heterocycles. The van der Waals surface area contributed by atoms with Crippen molar-refractivity contribution in [3.63, 3.8) is 0 Å². The zero-order chi connectivity index (χ0) is 24.3. The number of rotatable bonds is 11. The minimum Gasteiger partial charge on any atom is -0.463 e. The maximum atomic E-state index is 12.2. The molecule has 1 saturated heterocycles. The molecule has 11 heteroatoms. The number of amides is 1. The molecule has 5 atom stereocenters. The Hall–Kier alpha value is -2.69. The van der Waals surface area contributed by atoms with Gasteiger partial charge in [-0.15, -0.1) is 0 Å². The highest BCUT2D eigenvalue weighted by Gasteiger charge is 2.52.